The van der Waals surface area contributed by atoms with E-state index in [4.69, 9.17) is 10.6 Å². The number of anilines is 1. The number of carboxylic acid groups (broad SMARTS) is 1. The number of carbonyl (C=O) groups excluding carboxylic acids is 2. The van der Waals surface area contributed by atoms with Crippen LogP contribution in [0.2, 0.25) is 0 Å². The molecule has 2 fully saturated rings. The maximum Gasteiger partial charge on any atom is 0.313 e. The van der Waals surface area contributed by atoms with Crippen LogP contribution in [-0.2, 0) is 25.8 Å². The molecule has 0 bridgehead atoms. The number of aromatic nitrogens is 6. The molecule has 5 rings (SSSR count). The SMILES string of the molecule is C=CCn1nnnc1SCC1(C(=O)O)CS[C@@H]2C(NC(=O)C(=NOC3C=CCCC3)c3nsc(N)n3)C(=O)N2C1. The second-order valence-electron chi connectivity index (χ2n) is 9.32. The fraction of sp³-hybridized carbons (Fsp3) is 0.500. The fourth-order valence-electron chi connectivity index (χ4n) is 4.36. The van der Waals surface area contributed by atoms with Crippen LogP contribution in [0.4, 0.5) is 5.13 Å². The second kappa shape index (κ2) is 11.9. The number of nitrogens with one attached hydrogen (secondary N) is 1. The third kappa shape index (κ3) is 5.68. The van der Waals surface area contributed by atoms with E-state index in [-0.39, 0.29) is 46.7 Å². The van der Waals surface area contributed by atoms with Crippen LogP contribution >= 0.6 is 35.1 Å². The molecule has 4 N–H and O–H groups in total. The van der Waals surface area contributed by atoms with E-state index in [1.807, 2.05) is 12.2 Å². The number of amides is 2. The first-order chi connectivity index (χ1) is 19.3. The standard InChI is InChI=1S/C22H26N10O5S3/c1-2-8-32-21(26-29-30-32)39-11-22(19(35)36)9-31-17(34)14(18(31)38-10-22)24-16(33)13(15-25-20(23)40-28-15)27-37-12-6-4-3-5-7-12/h2,4,6,12,14,18H,1,3,5,7-11H2,(H,24,33)(H,35,36)(H2,23,25,28)/t12?,14?,18-,22?/m1/s1. The van der Waals surface area contributed by atoms with Crippen LogP contribution < -0.4 is 11.1 Å². The minimum atomic E-state index is -1.22. The van der Waals surface area contributed by atoms with Crippen molar-refractivity contribution in [3.05, 3.63) is 30.6 Å². The van der Waals surface area contributed by atoms with Gasteiger partial charge in [0, 0.05) is 29.6 Å². The lowest BCUT2D eigenvalue weighted by molar-refractivity contribution is -0.157. The molecule has 0 spiro atoms. The topological polar surface area (TPSA) is 204 Å². The van der Waals surface area contributed by atoms with Gasteiger partial charge in [-0.15, -0.1) is 23.4 Å². The van der Waals surface area contributed by atoms with Crippen molar-refractivity contribution in [2.45, 2.75) is 48.5 Å². The average Bonchev–Trinajstić information content (AvgIpc) is 3.59. The van der Waals surface area contributed by atoms with Crippen molar-refractivity contribution < 1.29 is 24.3 Å². The summed E-state index contributed by atoms with van der Waals surface area (Å²) >= 11 is 3.41. The van der Waals surface area contributed by atoms with Gasteiger partial charge in [0.1, 0.15) is 22.9 Å². The molecule has 4 atom stereocenters. The zero-order chi connectivity index (χ0) is 28.3. The van der Waals surface area contributed by atoms with Gasteiger partial charge in [-0.25, -0.2) is 4.68 Å². The highest BCUT2D eigenvalue weighted by Gasteiger charge is 2.57. The Labute approximate surface area is 240 Å². The van der Waals surface area contributed by atoms with Gasteiger partial charge in [-0.05, 0) is 35.8 Å². The van der Waals surface area contributed by atoms with Gasteiger partial charge < -0.3 is 25.9 Å². The highest BCUT2D eigenvalue weighted by Crippen LogP contribution is 2.44. The second-order valence-corrected chi connectivity index (χ2v) is 12.2. The number of β-lactam (4-membered cyclic amide) rings is 1. The minimum Gasteiger partial charge on any atom is -0.481 e. The van der Waals surface area contributed by atoms with Gasteiger partial charge in [0.2, 0.25) is 22.6 Å². The molecule has 4 heterocycles. The van der Waals surface area contributed by atoms with E-state index in [0.717, 1.165) is 30.8 Å². The van der Waals surface area contributed by atoms with Gasteiger partial charge in [-0.2, -0.15) is 9.36 Å². The summed E-state index contributed by atoms with van der Waals surface area (Å²) in [6.07, 6.45) is 7.86. The molecule has 15 nitrogen and oxygen atoms in total. The summed E-state index contributed by atoms with van der Waals surface area (Å²) in [6.45, 7) is 4.04. The van der Waals surface area contributed by atoms with Gasteiger partial charge >= 0.3 is 5.97 Å². The van der Waals surface area contributed by atoms with E-state index >= 15 is 0 Å². The first kappa shape index (κ1) is 28.0. The number of nitrogens with zero attached hydrogens (tertiary/aromatic N) is 8. The molecule has 2 aromatic rings. The molecule has 3 unspecified atom stereocenters. The van der Waals surface area contributed by atoms with E-state index in [9.17, 15) is 19.5 Å². The summed E-state index contributed by atoms with van der Waals surface area (Å²) in [5.41, 5.74) is 4.30. The number of carboxylic acids is 1. The highest BCUT2D eigenvalue weighted by atomic mass is 32.2. The van der Waals surface area contributed by atoms with Crippen LogP contribution in [-0.4, -0.2) is 98.6 Å². The van der Waals surface area contributed by atoms with Gasteiger partial charge in [0.05, 0.1) is 6.54 Å². The zero-order valence-electron chi connectivity index (χ0n) is 21.1. The highest BCUT2D eigenvalue weighted by molar-refractivity contribution is 8.00. The summed E-state index contributed by atoms with van der Waals surface area (Å²) in [6, 6.07) is -0.868. The summed E-state index contributed by atoms with van der Waals surface area (Å²) in [7, 11) is 0. The van der Waals surface area contributed by atoms with Crippen LogP contribution in [0.5, 0.6) is 0 Å². The Morgan fingerprint density at radius 2 is 2.30 bits per heavy atom. The van der Waals surface area contributed by atoms with Crippen molar-refractivity contribution in [3.63, 3.8) is 0 Å². The molecule has 212 valence electrons. The molecule has 1 aliphatic carbocycles. The molecule has 2 aliphatic heterocycles. The van der Waals surface area contributed by atoms with E-state index in [1.165, 1.54) is 33.1 Å². The number of hydrogen-bond acceptors (Lipinski definition) is 14. The molecule has 40 heavy (non-hydrogen) atoms. The predicted molar refractivity (Wildman–Crippen MR) is 147 cm³/mol. The van der Waals surface area contributed by atoms with E-state index in [1.54, 1.807) is 6.08 Å². The average molecular weight is 607 g/mol. The van der Waals surface area contributed by atoms with Crippen molar-refractivity contribution in [2.24, 2.45) is 10.6 Å². The number of carbonyl (C=O) groups is 3. The summed E-state index contributed by atoms with van der Waals surface area (Å²) in [5, 5.41) is 28.5. The first-order valence-corrected chi connectivity index (χ1v) is 15.1. The van der Waals surface area contributed by atoms with Crippen molar-refractivity contribution in [3.8, 4) is 0 Å². The third-order valence-corrected chi connectivity index (χ3v) is 9.90. The lowest BCUT2D eigenvalue weighted by Crippen LogP contribution is -2.74. The summed E-state index contributed by atoms with van der Waals surface area (Å²) in [5.74, 6) is -1.72. The Morgan fingerprint density at radius 3 is 3.00 bits per heavy atom. The molecule has 3 aliphatic rings. The molecular weight excluding hydrogens is 581 g/mol. The van der Waals surface area contributed by atoms with Gasteiger partial charge in [-0.3, -0.25) is 14.4 Å². The Hall–Kier alpha value is -3.51. The molecule has 2 amide bonds. The Morgan fingerprint density at radius 1 is 1.45 bits per heavy atom. The number of nitrogens with two attached hydrogens (primary N) is 1. The lowest BCUT2D eigenvalue weighted by Gasteiger charge is -2.53. The van der Waals surface area contributed by atoms with Crippen LogP contribution in [0.15, 0.2) is 35.1 Å². The minimum absolute atomic E-state index is 0.000396. The smallest absolute Gasteiger partial charge is 0.313 e. The Kier molecular flexibility index (Phi) is 8.36. The number of allylic oxidation sites excluding steroid dienone is 2. The quantitative estimate of drug-likeness (QED) is 0.104. The van der Waals surface area contributed by atoms with Crippen molar-refractivity contribution in [1.29, 1.82) is 0 Å². The summed E-state index contributed by atoms with van der Waals surface area (Å²) < 4.78 is 5.60. The number of oxime groups is 1. The Bertz CT molecular complexity index is 1360. The predicted octanol–water partition coefficient (Wildman–Crippen LogP) is 0.385. The van der Waals surface area contributed by atoms with Gasteiger partial charge in [-0.1, -0.05) is 29.1 Å². The molecular formula is C22H26N10O5S3. The molecule has 0 aromatic carbocycles. The summed E-state index contributed by atoms with van der Waals surface area (Å²) in [4.78, 5) is 49.8. The number of nitrogen functional groups attached to an aromatic ring is 1. The lowest BCUT2D eigenvalue weighted by atomic mass is 9.89. The van der Waals surface area contributed by atoms with E-state index in [2.05, 4.69) is 41.9 Å². The largest absolute Gasteiger partial charge is 0.481 e. The normalized spacial score (nSPS) is 26.1. The van der Waals surface area contributed by atoms with Crippen molar-refractivity contribution in [1.82, 2.24) is 39.8 Å². The number of aliphatic carboxylic acids is 1. The van der Waals surface area contributed by atoms with Gasteiger partial charge in [0.25, 0.3) is 5.91 Å². The number of rotatable bonds is 11. The van der Waals surface area contributed by atoms with Crippen LogP contribution in [0.1, 0.15) is 25.1 Å². The third-order valence-electron chi connectivity index (χ3n) is 6.52. The molecule has 2 aromatic heterocycles. The van der Waals surface area contributed by atoms with Crippen LogP contribution in [0.25, 0.3) is 0 Å². The first-order valence-electron chi connectivity index (χ1n) is 12.3. The number of thioether (sulfide) groups is 2. The van der Waals surface area contributed by atoms with E-state index in [0.29, 0.717) is 11.7 Å². The van der Waals surface area contributed by atoms with Crippen LogP contribution in [0.3, 0.4) is 0 Å². The molecule has 0 radical (unpaired) electrons. The monoisotopic (exact) mass is 606 g/mol. The molecule has 0 saturated carbocycles. The van der Waals surface area contributed by atoms with Crippen molar-refractivity contribution in [2.75, 3.05) is 23.8 Å². The Balaban J connectivity index is 1.25. The zero-order valence-corrected chi connectivity index (χ0v) is 23.5. The molecule has 2 saturated heterocycles. The van der Waals surface area contributed by atoms with Crippen molar-refractivity contribution >= 4 is 63.7 Å². The number of hydrogen-bond donors (Lipinski definition) is 3. The fourth-order valence-corrected chi connectivity index (χ4v) is 7.54. The maximum atomic E-state index is 13.2. The van der Waals surface area contributed by atoms with E-state index < -0.39 is 28.7 Å². The number of tetrazole rings is 1. The van der Waals surface area contributed by atoms with Gasteiger partial charge in [0.15, 0.2) is 5.13 Å². The maximum absolute atomic E-state index is 13.2. The molecule has 18 heteroatoms. The number of fused-ring (bicyclic) bond motifs is 1. The van der Waals surface area contributed by atoms with Crippen LogP contribution in [0, 0.1) is 5.41 Å².